The van der Waals surface area contributed by atoms with Gasteiger partial charge in [-0.05, 0) is 13.0 Å². The maximum Gasteiger partial charge on any atom is 0.231 e. The molecule has 1 aliphatic rings. The molecule has 0 saturated carbocycles. The minimum absolute atomic E-state index is 0.165. The van der Waals surface area contributed by atoms with E-state index in [-0.39, 0.29) is 6.79 Å². The summed E-state index contributed by atoms with van der Waals surface area (Å²) in [5.74, 6) is 1.09. The number of ether oxygens (including phenoxy) is 2. The highest BCUT2D eigenvalue weighted by molar-refractivity contribution is 6.32. The monoisotopic (exact) mass is 200 g/mol. The molecular weight excluding hydrogens is 192 g/mol. The Labute approximate surface area is 80.8 Å². The average Bonchev–Trinajstić information content (AvgIpc) is 2.53. The Morgan fingerprint density at radius 3 is 2.77 bits per heavy atom. The molecule has 1 aliphatic heterocycles. The lowest BCUT2D eigenvalue weighted by Gasteiger charge is -2.08. The second-order valence-electron chi connectivity index (χ2n) is 2.88. The van der Waals surface area contributed by atoms with Crippen molar-refractivity contribution in [2.45, 2.75) is 13.0 Å². The Morgan fingerprint density at radius 1 is 1.38 bits per heavy atom. The van der Waals surface area contributed by atoms with Crippen LogP contribution in [0.4, 0.5) is 0 Å². The van der Waals surface area contributed by atoms with Crippen LogP contribution in [0.3, 0.4) is 0 Å². The summed E-state index contributed by atoms with van der Waals surface area (Å²) in [7, 11) is 0. The zero-order valence-electron chi connectivity index (χ0n) is 7.08. The zero-order chi connectivity index (χ0) is 9.42. The Balaban J connectivity index is 2.56. The van der Waals surface area contributed by atoms with E-state index >= 15 is 0 Å². The average molecular weight is 201 g/mol. The van der Waals surface area contributed by atoms with Gasteiger partial charge in [0.15, 0.2) is 11.5 Å². The third-order valence-electron chi connectivity index (χ3n) is 1.95. The molecule has 0 spiro atoms. The molecule has 70 valence electrons. The van der Waals surface area contributed by atoms with Crippen LogP contribution in [-0.2, 0) is 0 Å². The van der Waals surface area contributed by atoms with Crippen molar-refractivity contribution in [1.82, 2.24) is 0 Å². The number of fused-ring (bicyclic) bond motifs is 1. The summed E-state index contributed by atoms with van der Waals surface area (Å²) >= 11 is 5.86. The highest BCUT2D eigenvalue weighted by atomic mass is 35.5. The van der Waals surface area contributed by atoms with Crippen molar-refractivity contribution in [2.24, 2.45) is 0 Å². The quantitative estimate of drug-likeness (QED) is 0.755. The highest BCUT2D eigenvalue weighted by Crippen LogP contribution is 2.43. The number of benzene rings is 1. The molecule has 0 bridgehead atoms. The van der Waals surface area contributed by atoms with Crippen LogP contribution in [0.2, 0.25) is 5.02 Å². The fraction of sp³-hybridized carbons (Fsp3) is 0.333. The van der Waals surface area contributed by atoms with Gasteiger partial charge in [-0.3, -0.25) is 0 Å². The van der Waals surface area contributed by atoms with Crippen LogP contribution >= 0.6 is 11.6 Å². The predicted octanol–water partition coefficient (Wildman–Crippen LogP) is 2.12. The van der Waals surface area contributed by atoms with E-state index in [0.29, 0.717) is 22.1 Å². The van der Waals surface area contributed by atoms with E-state index in [0.717, 1.165) is 0 Å². The van der Waals surface area contributed by atoms with Gasteiger partial charge < -0.3 is 14.6 Å². The number of halogens is 1. The molecule has 1 atom stereocenters. The standard InChI is InChI=1S/C9H9ClO3/c1-5(11)6-2-3-7(10)9-8(6)12-4-13-9/h2-3,5,11H,4H2,1H3. The van der Waals surface area contributed by atoms with Crippen LogP contribution in [0, 0.1) is 0 Å². The van der Waals surface area contributed by atoms with Gasteiger partial charge in [-0.2, -0.15) is 0 Å². The summed E-state index contributed by atoms with van der Waals surface area (Å²) in [6, 6.07) is 3.43. The lowest BCUT2D eigenvalue weighted by Crippen LogP contribution is -1.96. The number of rotatable bonds is 1. The first-order chi connectivity index (χ1) is 6.20. The molecule has 0 saturated heterocycles. The van der Waals surface area contributed by atoms with Gasteiger partial charge in [0, 0.05) is 5.56 Å². The van der Waals surface area contributed by atoms with Crippen LogP contribution < -0.4 is 9.47 Å². The number of aliphatic hydroxyl groups is 1. The van der Waals surface area contributed by atoms with Gasteiger partial charge in [0.05, 0.1) is 11.1 Å². The summed E-state index contributed by atoms with van der Waals surface area (Å²) in [4.78, 5) is 0. The molecule has 13 heavy (non-hydrogen) atoms. The first kappa shape index (κ1) is 8.66. The Hall–Kier alpha value is -0.930. The van der Waals surface area contributed by atoms with Crippen LogP contribution in [-0.4, -0.2) is 11.9 Å². The molecule has 0 radical (unpaired) electrons. The largest absolute Gasteiger partial charge is 0.453 e. The fourth-order valence-corrected chi connectivity index (χ4v) is 1.52. The summed E-state index contributed by atoms with van der Waals surface area (Å²) in [5, 5.41) is 9.91. The van der Waals surface area contributed by atoms with Crippen LogP contribution in [0.15, 0.2) is 12.1 Å². The van der Waals surface area contributed by atoms with Gasteiger partial charge in [-0.15, -0.1) is 0 Å². The normalized spacial score (nSPS) is 15.9. The summed E-state index contributed by atoms with van der Waals surface area (Å²) < 4.78 is 10.4. The van der Waals surface area contributed by atoms with Gasteiger partial charge in [-0.1, -0.05) is 17.7 Å². The molecular formula is C9H9ClO3. The van der Waals surface area contributed by atoms with E-state index < -0.39 is 6.10 Å². The molecule has 0 fully saturated rings. The van der Waals surface area contributed by atoms with Crippen molar-refractivity contribution in [3.8, 4) is 11.5 Å². The van der Waals surface area contributed by atoms with Crippen molar-refractivity contribution < 1.29 is 14.6 Å². The van der Waals surface area contributed by atoms with Crippen LogP contribution in [0.5, 0.6) is 11.5 Å². The molecule has 2 rings (SSSR count). The maximum absolute atomic E-state index is 9.40. The first-order valence-corrected chi connectivity index (χ1v) is 4.34. The van der Waals surface area contributed by atoms with Crippen LogP contribution in [0.1, 0.15) is 18.6 Å². The number of aliphatic hydroxyl groups excluding tert-OH is 1. The molecule has 1 heterocycles. The molecule has 1 N–H and O–H groups in total. The SMILES string of the molecule is CC(O)c1ccc(Cl)c2c1OCO2. The lowest BCUT2D eigenvalue weighted by molar-refractivity contribution is 0.164. The highest BCUT2D eigenvalue weighted by Gasteiger charge is 2.22. The molecule has 0 aromatic heterocycles. The van der Waals surface area contributed by atoms with E-state index in [2.05, 4.69) is 0 Å². The molecule has 1 aromatic carbocycles. The predicted molar refractivity (Wildman–Crippen MR) is 48.2 cm³/mol. The van der Waals surface area contributed by atoms with Crippen molar-refractivity contribution in [3.05, 3.63) is 22.7 Å². The molecule has 0 aliphatic carbocycles. The van der Waals surface area contributed by atoms with Gasteiger partial charge >= 0.3 is 0 Å². The third kappa shape index (κ3) is 1.34. The van der Waals surface area contributed by atoms with Crippen molar-refractivity contribution >= 4 is 11.6 Å². The Morgan fingerprint density at radius 2 is 2.08 bits per heavy atom. The van der Waals surface area contributed by atoms with Crippen molar-refractivity contribution in [1.29, 1.82) is 0 Å². The molecule has 4 heteroatoms. The maximum atomic E-state index is 9.40. The number of hydrogen-bond acceptors (Lipinski definition) is 3. The Kier molecular flexibility index (Phi) is 2.06. The fourth-order valence-electron chi connectivity index (χ4n) is 1.31. The van der Waals surface area contributed by atoms with Gasteiger partial charge in [0.2, 0.25) is 6.79 Å². The van der Waals surface area contributed by atoms with Crippen molar-refractivity contribution in [2.75, 3.05) is 6.79 Å². The Bertz CT molecular complexity index is 336. The zero-order valence-corrected chi connectivity index (χ0v) is 7.84. The van der Waals surface area contributed by atoms with Gasteiger partial charge in [0.1, 0.15) is 0 Å². The lowest BCUT2D eigenvalue weighted by atomic mass is 10.1. The summed E-state index contributed by atoms with van der Waals surface area (Å²) in [6.45, 7) is 1.84. The second kappa shape index (κ2) is 3.09. The van der Waals surface area contributed by atoms with E-state index in [1.807, 2.05) is 0 Å². The first-order valence-electron chi connectivity index (χ1n) is 3.96. The van der Waals surface area contributed by atoms with Crippen molar-refractivity contribution in [3.63, 3.8) is 0 Å². The van der Waals surface area contributed by atoms with Gasteiger partial charge in [-0.25, -0.2) is 0 Å². The molecule has 1 aromatic rings. The minimum Gasteiger partial charge on any atom is -0.453 e. The number of hydrogen-bond donors (Lipinski definition) is 1. The third-order valence-corrected chi connectivity index (χ3v) is 2.25. The molecule has 1 unspecified atom stereocenters. The van der Waals surface area contributed by atoms with Crippen LogP contribution in [0.25, 0.3) is 0 Å². The van der Waals surface area contributed by atoms with E-state index in [1.165, 1.54) is 0 Å². The van der Waals surface area contributed by atoms with E-state index in [1.54, 1.807) is 19.1 Å². The molecule has 0 amide bonds. The molecule has 3 nitrogen and oxygen atoms in total. The smallest absolute Gasteiger partial charge is 0.231 e. The van der Waals surface area contributed by atoms with Gasteiger partial charge in [0.25, 0.3) is 0 Å². The summed E-state index contributed by atoms with van der Waals surface area (Å²) in [6.07, 6.45) is -0.576. The second-order valence-corrected chi connectivity index (χ2v) is 3.28. The minimum atomic E-state index is -0.576. The van der Waals surface area contributed by atoms with E-state index in [9.17, 15) is 5.11 Å². The summed E-state index contributed by atoms with van der Waals surface area (Å²) in [5.41, 5.74) is 0.705. The topological polar surface area (TPSA) is 38.7 Å². The van der Waals surface area contributed by atoms with E-state index in [4.69, 9.17) is 21.1 Å².